The van der Waals surface area contributed by atoms with Crippen LogP contribution in [-0.4, -0.2) is 34.4 Å². The predicted octanol–water partition coefficient (Wildman–Crippen LogP) is -1.11. The third-order valence-electron chi connectivity index (χ3n) is 1.80. The van der Waals surface area contributed by atoms with E-state index in [0.29, 0.717) is 0 Å². The molecule has 1 unspecified atom stereocenters. The van der Waals surface area contributed by atoms with Crippen LogP contribution >= 0.6 is 0 Å². The second-order valence-corrected chi connectivity index (χ2v) is 6.87. The van der Waals surface area contributed by atoms with Crippen molar-refractivity contribution in [2.45, 2.75) is 25.0 Å². The fourth-order valence-electron chi connectivity index (χ4n) is 0.968. The molecule has 0 aliphatic heterocycles. The van der Waals surface area contributed by atoms with Crippen LogP contribution in [0.3, 0.4) is 0 Å². The summed E-state index contributed by atoms with van der Waals surface area (Å²) in [6, 6.07) is 1.66. The molecule has 94 valence electrons. The van der Waals surface area contributed by atoms with Gasteiger partial charge in [-0.15, -0.1) is 0 Å². The molecule has 9 heteroatoms. The molecule has 0 fully saturated rings. The summed E-state index contributed by atoms with van der Waals surface area (Å²) >= 11 is 0. The fourth-order valence-corrected chi connectivity index (χ4v) is 2.72. The molecule has 0 saturated carbocycles. The molecular weight excluding hydrogens is 254 g/mol. The van der Waals surface area contributed by atoms with Gasteiger partial charge in [0.15, 0.2) is 5.25 Å². The van der Waals surface area contributed by atoms with E-state index in [0.717, 1.165) is 0 Å². The lowest BCUT2D eigenvalue weighted by Crippen LogP contribution is -2.34. The molecule has 0 rings (SSSR count). The summed E-state index contributed by atoms with van der Waals surface area (Å²) in [5.41, 5.74) is 0. The number of sulfonamides is 2. The Kier molecular flexibility index (Phi) is 5.88. The average molecular weight is 269 g/mol. The predicted molar refractivity (Wildman–Crippen MR) is 59.2 cm³/mol. The molecule has 0 radical (unpaired) electrons. The Morgan fingerprint density at radius 1 is 1.38 bits per heavy atom. The first-order valence-electron chi connectivity index (χ1n) is 4.61. The number of nitrogens with zero attached hydrogens (tertiary/aromatic N) is 1. The van der Waals surface area contributed by atoms with E-state index in [4.69, 9.17) is 10.4 Å². The Morgan fingerprint density at radius 2 is 1.94 bits per heavy atom. The highest BCUT2D eigenvalue weighted by molar-refractivity contribution is 7.90. The molecule has 16 heavy (non-hydrogen) atoms. The Morgan fingerprint density at radius 3 is 2.31 bits per heavy atom. The second-order valence-electron chi connectivity index (χ2n) is 3.19. The maximum absolute atomic E-state index is 11.4. The highest BCUT2D eigenvalue weighted by atomic mass is 32.2. The fraction of sp³-hybridized carbons (Fsp3) is 0.857. The van der Waals surface area contributed by atoms with E-state index in [1.54, 1.807) is 13.0 Å². The standard InChI is InChI=1S/C7H15N3O4S2/c1-2-7(6-8)16(13,14)10-4-3-5-15(9,11)12/h7,10H,2-5H2,1H3,(H2,9,11,12). The molecule has 7 nitrogen and oxygen atoms in total. The molecule has 0 aliphatic carbocycles. The molecule has 3 N–H and O–H groups in total. The van der Waals surface area contributed by atoms with Crippen LogP contribution in [0, 0.1) is 11.3 Å². The maximum Gasteiger partial charge on any atom is 0.227 e. The number of hydrogen-bond acceptors (Lipinski definition) is 5. The summed E-state index contributed by atoms with van der Waals surface area (Å²) in [5, 5.41) is 12.2. The van der Waals surface area contributed by atoms with E-state index >= 15 is 0 Å². The van der Waals surface area contributed by atoms with Gasteiger partial charge in [0.05, 0.1) is 11.8 Å². The van der Waals surface area contributed by atoms with Crippen LogP contribution in [-0.2, 0) is 20.0 Å². The van der Waals surface area contributed by atoms with Gasteiger partial charge in [-0.3, -0.25) is 0 Å². The quantitative estimate of drug-likeness (QED) is 0.566. The SMILES string of the molecule is CCC(C#N)S(=O)(=O)NCCCS(N)(=O)=O. The summed E-state index contributed by atoms with van der Waals surface area (Å²) < 4.78 is 46.1. The lowest BCUT2D eigenvalue weighted by Gasteiger charge is -2.09. The first-order valence-corrected chi connectivity index (χ1v) is 7.87. The molecule has 1 atom stereocenters. The van der Waals surface area contributed by atoms with E-state index in [-0.39, 0.29) is 25.1 Å². The van der Waals surface area contributed by atoms with E-state index in [2.05, 4.69) is 4.72 Å². The normalized spacial score (nSPS) is 14.3. The third kappa shape index (κ3) is 6.02. The van der Waals surface area contributed by atoms with Crippen molar-refractivity contribution in [1.29, 1.82) is 5.26 Å². The lowest BCUT2D eigenvalue weighted by molar-refractivity contribution is 0.569. The van der Waals surface area contributed by atoms with Crippen LogP contribution in [0.2, 0.25) is 0 Å². The largest absolute Gasteiger partial charge is 0.229 e. The molecule has 0 aromatic heterocycles. The lowest BCUT2D eigenvalue weighted by atomic mass is 10.4. The molecule has 0 aliphatic rings. The van der Waals surface area contributed by atoms with Crippen molar-refractivity contribution in [1.82, 2.24) is 4.72 Å². The molecule has 0 heterocycles. The zero-order chi connectivity index (χ0) is 12.8. The van der Waals surface area contributed by atoms with Crippen LogP contribution in [0.1, 0.15) is 19.8 Å². The maximum atomic E-state index is 11.4. The highest BCUT2D eigenvalue weighted by Gasteiger charge is 2.22. The van der Waals surface area contributed by atoms with Gasteiger partial charge in [0, 0.05) is 6.54 Å². The van der Waals surface area contributed by atoms with Crippen LogP contribution < -0.4 is 9.86 Å². The number of rotatable bonds is 7. The van der Waals surface area contributed by atoms with Crippen LogP contribution in [0.4, 0.5) is 0 Å². The van der Waals surface area contributed by atoms with E-state index < -0.39 is 25.3 Å². The number of nitriles is 1. The van der Waals surface area contributed by atoms with Crippen LogP contribution in [0.5, 0.6) is 0 Å². The Labute approximate surface area is 95.7 Å². The number of nitrogens with one attached hydrogen (secondary N) is 1. The first kappa shape index (κ1) is 15.3. The van der Waals surface area contributed by atoms with Gasteiger partial charge < -0.3 is 0 Å². The monoisotopic (exact) mass is 269 g/mol. The minimum absolute atomic E-state index is 0.0447. The summed E-state index contributed by atoms with van der Waals surface area (Å²) in [6.45, 7) is 1.54. The van der Waals surface area contributed by atoms with Crippen LogP contribution in [0.15, 0.2) is 0 Å². The molecule has 0 aromatic rings. The van der Waals surface area contributed by atoms with Gasteiger partial charge in [-0.05, 0) is 12.8 Å². The third-order valence-corrected chi connectivity index (χ3v) is 4.45. The topological polar surface area (TPSA) is 130 Å². The Balaban J connectivity index is 4.17. The summed E-state index contributed by atoms with van der Waals surface area (Å²) in [5.74, 6) is -0.293. The van der Waals surface area contributed by atoms with Crippen molar-refractivity contribution in [3.8, 4) is 6.07 Å². The van der Waals surface area contributed by atoms with Gasteiger partial charge in [-0.2, -0.15) is 5.26 Å². The van der Waals surface area contributed by atoms with Crippen molar-refractivity contribution >= 4 is 20.0 Å². The van der Waals surface area contributed by atoms with Gasteiger partial charge in [0.1, 0.15) is 0 Å². The van der Waals surface area contributed by atoms with E-state index in [1.807, 2.05) is 0 Å². The summed E-state index contributed by atoms with van der Waals surface area (Å²) in [7, 11) is -7.26. The number of nitrogens with two attached hydrogens (primary N) is 1. The van der Waals surface area contributed by atoms with E-state index in [9.17, 15) is 16.8 Å². The van der Waals surface area contributed by atoms with Crippen molar-refractivity contribution in [3.63, 3.8) is 0 Å². The summed E-state index contributed by atoms with van der Waals surface area (Å²) in [4.78, 5) is 0. The van der Waals surface area contributed by atoms with Gasteiger partial charge >= 0.3 is 0 Å². The second kappa shape index (κ2) is 6.15. The van der Waals surface area contributed by atoms with Crippen LogP contribution in [0.25, 0.3) is 0 Å². The molecule has 0 bridgehead atoms. The highest BCUT2D eigenvalue weighted by Crippen LogP contribution is 2.02. The Bertz CT molecular complexity index is 449. The Hall–Kier alpha value is -0.690. The molecular formula is C7H15N3O4S2. The smallest absolute Gasteiger partial charge is 0.227 e. The summed E-state index contributed by atoms with van der Waals surface area (Å²) in [6.07, 6.45) is 0.265. The minimum Gasteiger partial charge on any atom is -0.229 e. The molecule has 0 aromatic carbocycles. The van der Waals surface area contributed by atoms with Gasteiger partial charge in [0.2, 0.25) is 20.0 Å². The van der Waals surface area contributed by atoms with E-state index in [1.165, 1.54) is 0 Å². The van der Waals surface area contributed by atoms with Crippen molar-refractivity contribution in [2.75, 3.05) is 12.3 Å². The van der Waals surface area contributed by atoms with Crippen molar-refractivity contribution in [2.24, 2.45) is 5.14 Å². The number of primary sulfonamides is 1. The average Bonchev–Trinajstić information content (AvgIpc) is 2.12. The van der Waals surface area contributed by atoms with Gasteiger partial charge in [-0.25, -0.2) is 26.7 Å². The zero-order valence-corrected chi connectivity index (χ0v) is 10.5. The molecule has 0 spiro atoms. The van der Waals surface area contributed by atoms with Crippen molar-refractivity contribution in [3.05, 3.63) is 0 Å². The van der Waals surface area contributed by atoms with Gasteiger partial charge in [0.25, 0.3) is 0 Å². The van der Waals surface area contributed by atoms with Gasteiger partial charge in [-0.1, -0.05) is 6.92 Å². The first-order chi connectivity index (χ1) is 7.23. The minimum atomic E-state index is -3.69. The van der Waals surface area contributed by atoms with Crippen molar-refractivity contribution < 1.29 is 16.8 Å². The molecule has 0 amide bonds. The zero-order valence-electron chi connectivity index (χ0n) is 8.88. The number of hydrogen-bond donors (Lipinski definition) is 2. The molecule has 0 saturated heterocycles.